The van der Waals surface area contributed by atoms with E-state index in [2.05, 4.69) is 5.32 Å². The lowest BCUT2D eigenvalue weighted by atomic mass is 10.1. The number of benzene rings is 2. The number of halogens is 1. The molecule has 0 aliphatic heterocycles. The van der Waals surface area contributed by atoms with Crippen LogP contribution in [0.3, 0.4) is 0 Å². The number of hydrogen-bond donors (Lipinski definition) is 2. The number of ether oxygens (including phenoxy) is 1. The van der Waals surface area contributed by atoms with Gasteiger partial charge >= 0.3 is 0 Å². The average Bonchev–Trinajstić information content (AvgIpc) is 2.95. The first-order chi connectivity index (χ1) is 12.2. The van der Waals surface area contributed by atoms with Crippen molar-refractivity contribution in [3.63, 3.8) is 0 Å². The van der Waals surface area contributed by atoms with Crippen molar-refractivity contribution in [1.29, 1.82) is 0 Å². The third kappa shape index (κ3) is 3.52. The molecule has 0 aliphatic rings. The minimum absolute atomic E-state index is 0.0253. The molecule has 0 fully saturated rings. The van der Waals surface area contributed by atoms with Crippen LogP contribution < -0.4 is 10.1 Å². The summed E-state index contributed by atoms with van der Waals surface area (Å²) < 4.78 is 21.3. The average molecular weight is 342 g/mol. The minimum Gasteiger partial charge on any atom is -0.493 e. The molecule has 0 radical (unpaired) electrons. The summed E-state index contributed by atoms with van der Waals surface area (Å²) in [5.74, 6) is -0.0669. The second kappa shape index (κ2) is 7.68. The van der Waals surface area contributed by atoms with Gasteiger partial charge in [-0.2, -0.15) is 0 Å². The van der Waals surface area contributed by atoms with Gasteiger partial charge in [0, 0.05) is 18.6 Å². The lowest BCUT2D eigenvalue weighted by Gasteiger charge is -2.16. The Kier molecular flexibility index (Phi) is 5.36. The van der Waals surface area contributed by atoms with Crippen LogP contribution in [-0.2, 0) is 13.5 Å². The van der Waals surface area contributed by atoms with Crippen LogP contribution in [-0.4, -0.2) is 29.9 Å². The third-order valence-electron chi connectivity index (χ3n) is 4.51. The summed E-state index contributed by atoms with van der Waals surface area (Å²) in [7, 11) is 3.43. The molecule has 1 aromatic heterocycles. The Morgan fingerprint density at radius 2 is 1.96 bits per heavy atom. The molecule has 3 rings (SSSR count). The van der Waals surface area contributed by atoms with Crippen LogP contribution in [0.4, 0.5) is 4.39 Å². The van der Waals surface area contributed by atoms with E-state index in [-0.39, 0.29) is 24.2 Å². The fourth-order valence-corrected chi connectivity index (χ4v) is 3.26. The molecule has 0 amide bonds. The van der Waals surface area contributed by atoms with Crippen LogP contribution in [0.25, 0.3) is 10.9 Å². The summed E-state index contributed by atoms with van der Waals surface area (Å²) >= 11 is 0. The number of aryl methyl sites for hydroxylation is 1. The molecule has 0 bridgehead atoms. The summed E-state index contributed by atoms with van der Waals surface area (Å²) in [4.78, 5) is 0. The summed E-state index contributed by atoms with van der Waals surface area (Å²) in [5.41, 5.74) is 3.01. The maximum atomic E-state index is 14.1. The minimum atomic E-state index is -0.354. The zero-order valence-electron chi connectivity index (χ0n) is 14.5. The third-order valence-corrected chi connectivity index (χ3v) is 4.51. The van der Waals surface area contributed by atoms with E-state index >= 15 is 0 Å². The Labute approximate surface area is 146 Å². The van der Waals surface area contributed by atoms with Gasteiger partial charge in [-0.1, -0.05) is 30.3 Å². The highest BCUT2D eigenvalue weighted by molar-refractivity contribution is 5.90. The van der Waals surface area contributed by atoms with Gasteiger partial charge in [0.1, 0.15) is 0 Å². The van der Waals surface area contributed by atoms with Crippen LogP contribution in [0, 0.1) is 5.82 Å². The molecule has 1 atom stereocenters. The fraction of sp³-hybridized carbons (Fsp3) is 0.300. The van der Waals surface area contributed by atoms with E-state index in [1.54, 1.807) is 6.07 Å². The molecule has 2 N–H and O–H groups in total. The topological polar surface area (TPSA) is 46.4 Å². The number of aromatic nitrogens is 1. The normalized spacial score (nSPS) is 12.5. The van der Waals surface area contributed by atoms with Crippen LogP contribution in [0.15, 0.2) is 48.7 Å². The zero-order chi connectivity index (χ0) is 17.8. The van der Waals surface area contributed by atoms with Gasteiger partial charge < -0.3 is 19.7 Å². The number of hydrogen-bond acceptors (Lipinski definition) is 3. The van der Waals surface area contributed by atoms with E-state index in [4.69, 9.17) is 4.74 Å². The molecule has 25 heavy (non-hydrogen) atoms. The molecule has 0 spiro atoms. The predicted octanol–water partition coefficient (Wildman–Crippen LogP) is 3.19. The number of nitrogens with zero attached hydrogens (tertiary/aromatic N) is 1. The number of fused-ring (bicyclic) bond motifs is 1. The van der Waals surface area contributed by atoms with Crippen molar-refractivity contribution in [2.24, 2.45) is 7.05 Å². The maximum absolute atomic E-state index is 14.1. The van der Waals surface area contributed by atoms with Crippen molar-refractivity contribution in [3.05, 3.63) is 65.6 Å². The quantitative estimate of drug-likeness (QED) is 0.693. The highest BCUT2D eigenvalue weighted by Gasteiger charge is 2.16. The van der Waals surface area contributed by atoms with E-state index in [0.717, 1.165) is 22.0 Å². The highest BCUT2D eigenvalue weighted by Crippen LogP contribution is 2.33. The largest absolute Gasteiger partial charge is 0.493 e. The first-order valence-electron chi connectivity index (χ1n) is 8.35. The molecule has 3 aromatic rings. The molecular formula is C20H23FN2O2. The van der Waals surface area contributed by atoms with Crippen molar-refractivity contribution < 1.29 is 14.2 Å². The van der Waals surface area contributed by atoms with Gasteiger partial charge in [0.25, 0.3) is 0 Å². The summed E-state index contributed by atoms with van der Waals surface area (Å²) in [6, 6.07) is 12.9. The summed E-state index contributed by atoms with van der Waals surface area (Å²) in [6.07, 6.45) is 2.71. The highest BCUT2D eigenvalue weighted by atomic mass is 19.1. The van der Waals surface area contributed by atoms with Crippen molar-refractivity contribution in [3.8, 4) is 5.75 Å². The van der Waals surface area contributed by atoms with Crippen LogP contribution in [0.2, 0.25) is 0 Å². The van der Waals surface area contributed by atoms with Crippen LogP contribution >= 0.6 is 0 Å². The summed E-state index contributed by atoms with van der Waals surface area (Å²) in [6.45, 7) is 0.691. The second-order valence-corrected chi connectivity index (χ2v) is 6.09. The van der Waals surface area contributed by atoms with E-state index in [9.17, 15) is 9.50 Å². The molecule has 1 heterocycles. The Morgan fingerprint density at radius 3 is 2.64 bits per heavy atom. The smallest absolute Gasteiger partial charge is 0.165 e. The van der Waals surface area contributed by atoms with E-state index < -0.39 is 0 Å². The Bertz CT molecular complexity index is 846. The first-order valence-corrected chi connectivity index (χ1v) is 8.35. The molecule has 1 unspecified atom stereocenters. The Morgan fingerprint density at radius 1 is 1.20 bits per heavy atom. The first kappa shape index (κ1) is 17.5. The number of methoxy groups -OCH3 is 1. The van der Waals surface area contributed by atoms with Crippen molar-refractivity contribution >= 4 is 10.9 Å². The van der Waals surface area contributed by atoms with Crippen LogP contribution in [0.1, 0.15) is 17.2 Å². The SMILES string of the molecule is COc1c(F)ccc2c1c(CCNC(CO)c1ccccc1)cn2C. The van der Waals surface area contributed by atoms with Gasteiger partial charge in [0.15, 0.2) is 11.6 Å². The van der Waals surface area contributed by atoms with Crippen molar-refractivity contribution in [1.82, 2.24) is 9.88 Å². The molecule has 2 aromatic carbocycles. The molecule has 0 saturated carbocycles. The lowest BCUT2D eigenvalue weighted by molar-refractivity contribution is 0.245. The molecule has 132 valence electrons. The number of aliphatic hydroxyl groups is 1. The maximum Gasteiger partial charge on any atom is 0.165 e. The number of nitrogens with one attached hydrogen (secondary N) is 1. The molecule has 4 nitrogen and oxygen atoms in total. The zero-order valence-corrected chi connectivity index (χ0v) is 14.5. The number of rotatable bonds is 7. The second-order valence-electron chi connectivity index (χ2n) is 6.09. The number of aliphatic hydroxyl groups excluding tert-OH is 1. The standard InChI is InChI=1S/C20H23FN2O2/c1-23-12-15(19-18(23)9-8-16(21)20(19)25-2)10-11-22-17(13-24)14-6-4-3-5-7-14/h3-9,12,17,22,24H,10-11,13H2,1-2H3. The Hall–Kier alpha value is -2.37. The van der Waals surface area contributed by atoms with E-state index in [1.165, 1.54) is 13.2 Å². The summed E-state index contributed by atoms with van der Waals surface area (Å²) in [5, 5.41) is 13.8. The Balaban J connectivity index is 1.78. The monoisotopic (exact) mass is 342 g/mol. The lowest BCUT2D eigenvalue weighted by Crippen LogP contribution is -2.26. The predicted molar refractivity (Wildman–Crippen MR) is 97.4 cm³/mol. The van der Waals surface area contributed by atoms with Gasteiger partial charge in [-0.05, 0) is 36.2 Å². The molecule has 5 heteroatoms. The van der Waals surface area contributed by atoms with Crippen molar-refractivity contribution in [2.75, 3.05) is 20.3 Å². The molecular weight excluding hydrogens is 319 g/mol. The molecule has 0 aliphatic carbocycles. The fourth-order valence-electron chi connectivity index (χ4n) is 3.26. The van der Waals surface area contributed by atoms with Gasteiger partial charge in [0.2, 0.25) is 0 Å². The van der Waals surface area contributed by atoms with Gasteiger partial charge in [0.05, 0.1) is 25.3 Å². The van der Waals surface area contributed by atoms with Crippen molar-refractivity contribution in [2.45, 2.75) is 12.5 Å². The van der Waals surface area contributed by atoms with Crippen LogP contribution in [0.5, 0.6) is 5.75 Å². The van der Waals surface area contributed by atoms with E-state index in [0.29, 0.717) is 13.0 Å². The van der Waals surface area contributed by atoms with Gasteiger partial charge in [-0.3, -0.25) is 0 Å². The van der Waals surface area contributed by atoms with Gasteiger partial charge in [-0.25, -0.2) is 4.39 Å². The molecule has 0 saturated heterocycles. The van der Waals surface area contributed by atoms with Gasteiger partial charge in [-0.15, -0.1) is 0 Å². The van der Waals surface area contributed by atoms with E-state index in [1.807, 2.05) is 48.1 Å².